The third kappa shape index (κ3) is 4.55. The van der Waals surface area contributed by atoms with Gasteiger partial charge in [-0.3, -0.25) is 0 Å². The lowest BCUT2D eigenvalue weighted by Gasteiger charge is -2.41. The highest BCUT2D eigenvalue weighted by molar-refractivity contribution is 5.02. The fraction of sp³-hybridized carbons (Fsp3) is 0.875. The first-order valence-electron chi connectivity index (χ1n) is 7.36. The van der Waals surface area contributed by atoms with E-state index in [2.05, 4.69) is 0 Å². The Morgan fingerprint density at radius 3 is 2.26 bits per heavy atom. The second kappa shape index (κ2) is 6.34. The van der Waals surface area contributed by atoms with Crippen molar-refractivity contribution in [2.45, 2.75) is 65.7 Å². The first kappa shape index (κ1) is 16.6. The first-order chi connectivity index (χ1) is 8.72. The SMILES string of the molecule is CCOCC1(CC/C=C/C(F)(F)C(C)(C)C)CCC1. The molecule has 0 atom stereocenters. The molecule has 0 bridgehead atoms. The lowest BCUT2D eigenvalue weighted by atomic mass is 9.66. The van der Waals surface area contributed by atoms with Gasteiger partial charge in [0.15, 0.2) is 0 Å². The predicted octanol–water partition coefficient (Wildman–Crippen LogP) is 5.21. The summed E-state index contributed by atoms with van der Waals surface area (Å²) in [6, 6.07) is 0. The molecule has 1 aliphatic rings. The van der Waals surface area contributed by atoms with Crippen molar-refractivity contribution in [3.05, 3.63) is 12.2 Å². The Morgan fingerprint density at radius 1 is 1.21 bits per heavy atom. The predicted molar refractivity (Wildman–Crippen MR) is 75.6 cm³/mol. The van der Waals surface area contributed by atoms with Gasteiger partial charge in [-0.1, -0.05) is 33.3 Å². The summed E-state index contributed by atoms with van der Waals surface area (Å²) >= 11 is 0. The van der Waals surface area contributed by atoms with Crippen molar-refractivity contribution in [1.29, 1.82) is 0 Å². The van der Waals surface area contributed by atoms with E-state index in [1.807, 2.05) is 6.92 Å². The summed E-state index contributed by atoms with van der Waals surface area (Å²) in [7, 11) is 0. The molecule has 0 radical (unpaired) electrons. The number of alkyl halides is 2. The normalized spacial score (nSPS) is 19.7. The van der Waals surface area contributed by atoms with Gasteiger partial charge in [0.05, 0.1) is 6.61 Å². The highest BCUT2D eigenvalue weighted by Gasteiger charge is 2.40. The van der Waals surface area contributed by atoms with E-state index in [-0.39, 0.29) is 5.41 Å². The van der Waals surface area contributed by atoms with Crippen molar-refractivity contribution in [2.75, 3.05) is 13.2 Å². The van der Waals surface area contributed by atoms with Gasteiger partial charge in [-0.15, -0.1) is 0 Å². The van der Waals surface area contributed by atoms with Crippen LogP contribution in [0, 0.1) is 10.8 Å². The molecule has 1 aliphatic carbocycles. The summed E-state index contributed by atoms with van der Waals surface area (Å²) in [6.45, 7) is 8.22. The van der Waals surface area contributed by atoms with E-state index in [9.17, 15) is 8.78 Å². The van der Waals surface area contributed by atoms with E-state index in [0.717, 1.165) is 32.1 Å². The zero-order valence-corrected chi connectivity index (χ0v) is 12.8. The van der Waals surface area contributed by atoms with Crippen LogP contribution in [0.15, 0.2) is 12.2 Å². The Morgan fingerprint density at radius 2 is 1.84 bits per heavy atom. The van der Waals surface area contributed by atoms with E-state index >= 15 is 0 Å². The van der Waals surface area contributed by atoms with Crippen LogP contribution >= 0.6 is 0 Å². The molecule has 0 heterocycles. The molecule has 0 unspecified atom stereocenters. The highest BCUT2D eigenvalue weighted by atomic mass is 19.3. The fourth-order valence-corrected chi connectivity index (χ4v) is 2.33. The van der Waals surface area contributed by atoms with Crippen molar-refractivity contribution < 1.29 is 13.5 Å². The summed E-state index contributed by atoms with van der Waals surface area (Å²) in [4.78, 5) is 0. The number of ether oxygens (including phenoxy) is 1. The standard InChI is InChI=1S/C16H28F2O/c1-5-19-13-15(10-8-11-15)9-6-7-12-16(17,18)14(2,3)4/h7,12H,5-6,8-11,13H2,1-4H3/b12-7+. The molecule has 0 saturated heterocycles. The summed E-state index contributed by atoms with van der Waals surface area (Å²) in [6.07, 6.45) is 8.02. The molecule has 0 spiro atoms. The largest absolute Gasteiger partial charge is 0.381 e. The van der Waals surface area contributed by atoms with E-state index < -0.39 is 11.3 Å². The lowest BCUT2D eigenvalue weighted by Crippen LogP contribution is -2.34. The Labute approximate surface area is 116 Å². The van der Waals surface area contributed by atoms with Gasteiger partial charge >= 0.3 is 0 Å². The molecule has 0 aromatic heterocycles. The molecule has 19 heavy (non-hydrogen) atoms. The van der Waals surface area contributed by atoms with Gasteiger partial charge < -0.3 is 4.74 Å². The van der Waals surface area contributed by atoms with Crippen molar-refractivity contribution >= 4 is 0 Å². The Kier molecular flexibility index (Phi) is 5.54. The zero-order valence-electron chi connectivity index (χ0n) is 12.8. The van der Waals surface area contributed by atoms with Gasteiger partial charge in [0.1, 0.15) is 0 Å². The minimum absolute atomic E-state index is 0.261. The first-order valence-corrected chi connectivity index (χ1v) is 7.36. The van der Waals surface area contributed by atoms with Gasteiger partial charge in [-0.05, 0) is 44.1 Å². The van der Waals surface area contributed by atoms with E-state index in [0.29, 0.717) is 0 Å². The number of allylic oxidation sites excluding steroid dienone is 2. The second-order valence-corrected chi connectivity index (χ2v) is 6.80. The summed E-state index contributed by atoms with van der Waals surface area (Å²) in [5.74, 6) is -2.74. The second-order valence-electron chi connectivity index (χ2n) is 6.80. The van der Waals surface area contributed by atoms with Crippen LogP contribution in [0.4, 0.5) is 8.78 Å². The van der Waals surface area contributed by atoms with Crippen LogP contribution in [0.1, 0.15) is 59.8 Å². The van der Waals surface area contributed by atoms with Crippen molar-refractivity contribution in [3.8, 4) is 0 Å². The quantitative estimate of drug-likeness (QED) is 0.579. The number of halogens is 2. The van der Waals surface area contributed by atoms with Crippen LogP contribution in [0.3, 0.4) is 0 Å². The van der Waals surface area contributed by atoms with Crippen LogP contribution in [0.5, 0.6) is 0 Å². The molecular weight excluding hydrogens is 246 g/mol. The van der Waals surface area contributed by atoms with Crippen LogP contribution in [-0.2, 0) is 4.74 Å². The Bertz CT molecular complexity index is 298. The van der Waals surface area contributed by atoms with Crippen LogP contribution in [0.25, 0.3) is 0 Å². The number of hydrogen-bond acceptors (Lipinski definition) is 1. The molecule has 0 aromatic rings. The van der Waals surface area contributed by atoms with E-state index in [1.54, 1.807) is 26.8 Å². The fourth-order valence-electron chi connectivity index (χ4n) is 2.33. The molecule has 112 valence electrons. The third-order valence-electron chi connectivity index (χ3n) is 4.20. The van der Waals surface area contributed by atoms with Crippen molar-refractivity contribution in [3.63, 3.8) is 0 Å². The summed E-state index contributed by atoms with van der Waals surface area (Å²) in [5.41, 5.74) is -0.750. The molecule has 0 amide bonds. The average molecular weight is 274 g/mol. The van der Waals surface area contributed by atoms with E-state index in [4.69, 9.17) is 4.74 Å². The maximum absolute atomic E-state index is 13.7. The average Bonchev–Trinajstić information content (AvgIpc) is 2.24. The maximum Gasteiger partial charge on any atom is 0.271 e. The summed E-state index contributed by atoms with van der Waals surface area (Å²) in [5, 5.41) is 0. The smallest absolute Gasteiger partial charge is 0.271 e. The van der Waals surface area contributed by atoms with Gasteiger partial charge in [0.2, 0.25) is 0 Å². The lowest BCUT2D eigenvalue weighted by molar-refractivity contribution is -0.0504. The van der Waals surface area contributed by atoms with Crippen LogP contribution in [0.2, 0.25) is 0 Å². The molecule has 1 saturated carbocycles. The molecule has 0 aromatic carbocycles. The molecular formula is C16H28F2O. The number of rotatable bonds is 7. The minimum Gasteiger partial charge on any atom is -0.381 e. The minimum atomic E-state index is -2.74. The number of hydrogen-bond donors (Lipinski definition) is 0. The molecule has 1 nitrogen and oxygen atoms in total. The third-order valence-corrected chi connectivity index (χ3v) is 4.20. The topological polar surface area (TPSA) is 9.23 Å². The van der Waals surface area contributed by atoms with Crippen molar-refractivity contribution in [1.82, 2.24) is 0 Å². The monoisotopic (exact) mass is 274 g/mol. The molecule has 3 heteroatoms. The van der Waals surface area contributed by atoms with Gasteiger partial charge in [-0.25, -0.2) is 8.78 Å². The van der Waals surface area contributed by atoms with Gasteiger partial charge in [0.25, 0.3) is 5.92 Å². The van der Waals surface area contributed by atoms with Crippen LogP contribution < -0.4 is 0 Å². The van der Waals surface area contributed by atoms with Gasteiger partial charge in [0, 0.05) is 12.0 Å². The van der Waals surface area contributed by atoms with Gasteiger partial charge in [-0.2, -0.15) is 0 Å². The molecule has 0 aliphatic heterocycles. The van der Waals surface area contributed by atoms with Crippen molar-refractivity contribution in [2.24, 2.45) is 10.8 Å². The summed E-state index contributed by atoms with van der Waals surface area (Å²) < 4.78 is 33.0. The van der Waals surface area contributed by atoms with Crippen LogP contribution in [-0.4, -0.2) is 19.1 Å². The zero-order chi connectivity index (χ0) is 14.6. The maximum atomic E-state index is 13.7. The molecule has 1 rings (SSSR count). The Hall–Kier alpha value is -0.440. The Balaban J connectivity index is 2.40. The highest BCUT2D eigenvalue weighted by Crippen LogP contribution is 2.45. The van der Waals surface area contributed by atoms with E-state index in [1.165, 1.54) is 19.3 Å². The molecule has 1 fully saturated rings. The molecule has 0 N–H and O–H groups in total.